The molecule has 0 heterocycles. The highest BCUT2D eigenvalue weighted by Gasteiger charge is 2.13. The molecule has 0 N–H and O–H groups in total. The van der Waals surface area contributed by atoms with Gasteiger partial charge in [-0.1, -0.05) is 26.0 Å². The molecule has 82 valence electrons. The zero-order valence-electron chi connectivity index (χ0n) is 9.78. The topological polar surface area (TPSA) is 26.3 Å². The lowest BCUT2D eigenvalue weighted by atomic mass is 9.99. The molecule has 0 aliphatic rings. The van der Waals surface area contributed by atoms with E-state index in [1.165, 1.54) is 0 Å². The number of aldehydes is 1. The van der Waals surface area contributed by atoms with Crippen molar-refractivity contribution in [2.45, 2.75) is 39.7 Å². The number of benzene rings is 1. The summed E-state index contributed by atoms with van der Waals surface area (Å²) in [6.45, 7) is 8.12. The molecular weight excluding hydrogens is 188 g/mol. The van der Waals surface area contributed by atoms with Crippen molar-refractivity contribution in [3.8, 4) is 5.75 Å². The van der Waals surface area contributed by atoms with Gasteiger partial charge >= 0.3 is 0 Å². The number of para-hydroxylation sites is 1. The van der Waals surface area contributed by atoms with Crippen LogP contribution < -0.4 is 4.74 Å². The Morgan fingerprint density at radius 2 is 1.87 bits per heavy atom. The first-order valence-corrected chi connectivity index (χ1v) is 5.31. The summed E-state index contributed by atoms with van der Waals surface area (Å²) in [6, 6.07) is 5.69. The molecule has 0 aliphatic carbocycles. The Morgan fingerprint density at radius 1 is 1.20 bits per heavy atom. The van der Waals surface area contributed by atoms with Crippen LogP contribution in [0.2, 0.25) is 0 Å². The second-order valence-electron chi connectivity index (χ2n) is 4.20. The molecule has 1 aromatic rings. The van der Waals surface area contributed by atoms with Crippen LogP contribution in [-0.2, 0) is 0 Å². The first kappa shape index (κ1) is 11.8. The van der Waals surface area contributed by atoms with E-state index < -0.39 is 0 Å². The average Bonchev–Trinajstić information content (AvgIpc) is 2.16. The number of hydrogen-bond acceptors (Lipinski definition) is 2. The molecule has 2 nitrogen and oxygen atoms in total. The van der Waals surface area contributed by atoms with E-state index in [2.05, 4.69) is 13.8 Å². The monoisotopic (exact) mass is 206 g/mol. The molecule has 0 saturated carbocycles. The molecule has 0 atom stereocenters. The summed E-state index contributed by atoms with van der Waals surface area (Å²) >= 11 is 0. The van der Waals surface area contributed by atoms with E-state index in [1.807, 2.05) is 26.0 Å². The highest BCUT2D eigenvalue weighted by atomic mass is 16.5. The van der Waals surface area contributed by atoms with E-state index in [0.717, 1.165) is 17.6 Å². The fourth-order valence-corrected chi connectivity index (χ4v) is 1.49. The maximum Gasteiger partial charge on any atom is 0.153 e. The maximum atomic E-state index is 10.9. The largest absolute Gasteiger partial charge is 0.490 e. The van der Waals surface area contributed by atoms with Crippen LogP contribution >= 0.6 is 0 Å². The van der Waals surface area contributed by atoms with Crippen LogP contribution in [0.5, 0.6) is 5.75 Å². The summed E-state index contributed by atoms with van der Waals surface area (Å²) in [4.78, 5) is 10.9. The molecule has 1 rings (SSSR count). The van der Waals surface area contributed by atoms with Crippen molar-refractivity contribution in [2.75, 3.05) is 0 Å². The number of hydrogen-bond donors (Lipinski definition) is 0. The van der Waals surface area contributed by atoms with E-state index in [-0.39, 0.29) is 6.10 Å². The lowest BCUT2D eigenvalue weighted by Gasteiger charge is -2.18. The third-order valence-electron chi connectivity index (χ3n) is 2.18. The SMILES string of the molecule is CC(C)Oc1c(C=O)cccc1C(C)C. The van der Waals surface area contributed by atoms with Crippen LogP contribution in [0.25, 0.3) is 0 Å². The molecule has 0 aliphatic heterocycles. The minimum Gasteiger partial charge on any atom is -0.490 e. The second-order valence-corrected chi connectivity index (χ2v) is 4.20. The number of rotatable bonds is 4. The number of carbonyl (C=O) groups is 1. The lowest BCUT2D eigenvalue weighted by molar-refractivity contribution is 0.111. The van der Waals surface area contributed by atoms with E-state index >= 15 is 0 Å². The van der Waals surface area contributed by atoms with Gasteiger partial charge in [-0.3, -0.25) is 4.79 Å². The Balaban J connectivity index is 3.20. The lowest BCUT2D eigenvalue weighted by Crippen LogP contribution is -2.10. The molecule has 0 aromatic heterocycles. The molecular formula is C13H18O2. The van der Waals surface area contributed by atoms with Crippen LogP contribution in [0.3, 0.4) is 0 Å². The summed E-state index contributed by atoms with van der Waals surface area (Å²) in [5.41, 5.74) is 1.73. The Morgan fingerprint density at radius 3 is 2.33 bits per heavy atom. The summed E-state index contributed by atoms with van der Waals surface area (Å²) in [6.07, 6.45) is 0.937. The van der Waals surface area contributed by atoms with Gasteiger partial charge in [0.1, 0.15) is 5.75 Å². The van der Waals surface area contributed by atoms with Gasteiger partial charge in [-0.15, -0.1) is 0 Å². The Hall–Kier alpha value is -1.31. The van der Waals surface area contributed by atoms with Gasteiger partial charge in [0.15, 0.2) is 6.29 Å². The molecule has 0 bridgehead atoms. The standard InChI is InChI=1S/C13H18O2/c1-9(2)12-7-5-6-11(8-14)13(12)15-10(3)4/h5-10H,1-4H3. The summed E-state index contributed by atoms with van der Waals surface area (Å²) < 4.78 is 5.70. The Labute approximate surface area is 91.3 Å². The van der Waals surface area contributed by atoms with Crippen LogP contribution in [0.4, 0.5) is 0 Å². The quantitative estimate of drug-likeness (QED) is 0.706. The predicted octanol–water partition coefficient (Wildman–Crippen LogP) is 3.41. The van der Waals surface area contributed by atoms with Crippen molar-refractivity contribution >= 4 is 6.29 Å². The predicted molar refractivity (Wildman–Crippen MR) is 61.7 cm³/mol. The van der Waals surface area contributed by atoms with Gasteiger partial charge in [0.25, 0.3) is 0 Å². The Kier molecular flexibility index (Phi) is 3.89. The minimum absolute atomic E-state index is 0.0867. The van der Waals surface area contributed by atoms with E-state index in [9.17, 15) is 4.79 Å². The van der Waals surface area contributed by atoms with Crippen molar-refractivity contribution < 1.29 is 9.53 Å². The average molecular weight is 206 g/mol. The minimum atomic E-state index is 0.0867. The van der Waals surface area contributed by atoms with Gasteiger partial charge in [-0.05, 0) is 31.4 Å². The van der Waals surface area contributed by atoms with Crippen LogP contribution in [0.1, 0.15) is 49.5 Å². The number of carbonyl (C=O) groups excluding carboxylic acids is 1. The molecule has 1 aromatic carbocycles. The van der Waals surface area contributed by atoms with Crippen molar-refractivity contribution in [1.82, 2.24) is 0 Å². The number of ether oxygens (including phenoxy) is 1. The first-order chi connectivity index (χ1) is 7.06. The normalized spacial score (nSPS) is 10.8. The summed E-state index contributed by atoms with van der Waals surface area (Å²) in [5, 5.41) is 0. The van der Waals surface area contributed by atoms with Crippen molar-refractivity contribution in [3.63, 3.8) is 0 Å². The van der Waals surface area contributed by atoms with Crippen molar-refractivity contribution in [1.29, 1.82) is 0 Å². The molecule has 0 saturated heterocycles. The van der Waals surface area contributed by atoms with Crippen molar-refractivity contribution in [2.24, 2.45) is 0 Å². The molecule has 0 radical (unpaired) electrons. The van der Waals surface area contributed by atoms with Crippen LogP contribution in [0.15, 0.2) is 18.2 Å². The van der Waals surface area contributed by atoms with E-state index in [1.54, 1.807) is 6.07 Å². The van der Waals surface area contributed by atoms with E-state index in [0.29, 0.717) is 11.5 Å². The zero-order valence-corrected chi connectivity index (χ0v) is 9.78. The van der Waals surface area contributed by atoms with Gasteiger partial charge in [0.2, 0.25) is 0 Å². The van der Waals surface area contributed by atoms with Gasteiger partial charge in [-0.25, -0.2) is 0 Å². The van der Waals surface area contributed by atoms with Gasteiger partial charge in [0.05, 0.1) is 11.7 Å². The first-order valence-electron chi connectivity index (χ1n) is 5.31. The highest BCUT2D eigenvalue weighted by molar-refractivity contribution is 5.80. The van der Waals surface area contributed by atoms with Crippen LogP contribution in [0, 0.1) is 0 Å². The Bertz CT molecular complexity index is 340. The fourth-order valence-electron chi connectivity index (χ4n) is 1.49. The second kappa shape index (κ2) is 4.96. The fraction of sp³-hybridized carbons (Fsp3) is 0.462. The molecule has 0 spiro atoms. The molecule has 0 amide bonds. The van der Waals surface area contributed by atoms with Crippen molar-refractivity contribution in [3.05, 3.63) is 29.3 Å². The van der Waals surface area contributed by atoms with Crippen LogP contribution in [-0.4, -0.2) is 12.4 Å². The smallest absolute Gasteiger partial charge is 0.153 e. The third kappa shape index (κ3) is 2.82. The van der Waals surface area contributed by atoms with Gasteiger partial charge in [0, 0.05) is 0 Å². The maximum absolute atomic E-state index is 10.9. The summed E-state index contributed by atoms with van der Waals surface area (Å²) in [5.74, 6) is 1.09. The molecule has 0 fully saturated rings. The van der Waals surface area contributed by atoms with Gasteiger partial charge in [-0.2, -0.15) is 0 Å². The van der Waals surface area contributed by atoms with Gasteiger partial charge < -0.3 is 4.74 Å². The molecule has 2 heteroatoms. The molecule has 0 unspecified atom stereocenters. The molecule has 15 heavy (non-hydrogen) atoms. The summed E-state index contributed by atoms with van der Waals surface area (Å²) in [7, 11) is 0. The third-order valence-corrected chi connectivity index (χ3v) is 2.18. The zero-order chi connectivity index (χ0) is 11.4. The highest BCUT2D eigenvalue weighted by Crippen LogP contribution is 2.29. The van der Waals surface area contributed by atoms with E-state index in [4.69, 9.17) is 4.74 Å².